The van der Waals surface area contributed by atoms with Crippen molar-refractivity contribution in [1.82, 2.24) is 10.2 Å². The van der Waals surface area contributed by atoms with Crippen LogP contribution in [0.5, 0.6) is 0 Å². The van der Waals surface area contributed by atoms with Gasteiger partial charge in [-0.3, -0.25) is 4.79 Å². The quantitative estimate of drug-likeness (QED) is 0.866. The summed E-state index contributed by atoms with van der Waals surface area (Å²) in [6, 6.07) is 3.69. The maximum Gasteiger partial charge on any atom is 0.240 e. The lowest BCUT2D eigenvalue weighted by atomic mass is 9.99. The normalized spacial score (nSPS) is 17.1. The molecular formula is C18H26F2N2O2. The van der Waals surface area contributed by atoms with Crippen LogP contribution in [0.25, 0.3) is 0 Å². The fourth-order valence-corrected chi connectivity index (χ4v) is 2.89. The van der Waals surface area contributed by atoms with Crippen LogP contribution in [0.15, 0.2) is 18.2 Å². The summed E-state index contributed by atoms with van der Waals surface area (Å²) < 4.78 is 31.7. The van der Waals surface area contributed by atoms with Gasteiger partial charge < -0.3 is 15.0 Å². The van der Waals surface area contributed by atoms with Gasteiger partial charge >= 0.3 is 0 Å². The lowest BCUT2D eigenvalue weighted by Gasteiger charge is -2.32. The molecule has 24 heavy (non-hydrogen) atoms. The highest BCUT2D eigenvalue weighted by Gasteiger charge is 2.28. The molecule has 1 amide bonds. The van der Waals surface area contributed by atoms with E-state index < -0.39 is 11.6 Å². The summed E-state index contributed by atoms with van der Waals surface area (Å²) in [5.41, 5.74) is 0.568. The number of likely N-dealkylation sites (N-methyl/N-ethyl adjacent to an activating group) is 1. The second kappa shape index (κ2) is 8.53. The molecule has 4 nitrogen and oxygen atoms in total. The van der Waals surface area contributed by atoms with Gasteiger partial charge in [0.25, 0.3) is 0 Å². The van der Waals surface area contributed by atoms with Gasteiger partial charge in [0.15, 0.2) is 11.6 Å². The van der Waals surface area contributed by atoms with Crippen molar-refractivity contribution in [1.29, 1.82) is 0 Å². The minimum atomic E-state index is -0.894. The van der Waals surface area contributed by atoms with Crippen molar-refractivity contribution < 1.29 is 18.3 Å². The van der Waals surface area contributed by atoms with E-state index >= 15 is 0 Å². The van der Waals surface area contributed by atoms with E-state index in [9.17, 15) is 13.6 Å². The summed E-state index contributed by atoms with van der Waals surface area (Å²) >= 11 is 0. The average molecular weight is 340 g/mol. The molecule has 1 aliphatic heterocycles. The van der Waals surface area contributed by atoms with Gasteiger partial charge in [0.2, 0.25) is 5.91 Å². The van der Waals surface area contributed by atoms with Crippen LogP contribution >= 0.6 is 0 Å². The molecule has 1 N–H and O–H groups in total. The van der Waals surface area contributed by atoms with E-state index in [0.29, 0.717) is 18.8 Å². The van der Waals surface area contributed by atoms with Gasteiger partial charge in [0.1, 0.15) is 0 Å². The van der Waals surface area contributed by atoms with Crippen molar-refractivity contribution in [2.24, 2.45) is 5.92 Å². The zero-order valence-corrected chi connectivity index (χ0v) is 14.5. The summed E-state index contributed by atoms with van der Waals surface area (Å²) in [6.45, 7) is 5.66. The van der Waals surface area contributed by atoms with E-state index in [1.54, 1.807) is 11.9 Å². The van der Waals surface area contributed by atoms with Gasteiger partial charge in [-0.15, -0.1) is 0 Å². The van der Waals surface area contributed by atoms with Crippen LogP contribution in [0.4, 0.5) is 8.78 Å². The highest BCUT2D eigenvalue weighted by atomic mass is 19.2. The maximum atomic E-state index is 13.3. The maximum absolute atomic E-state index is 13.3. The van der Waals surface area contributed by atoms with E-state index in [0.717, 1.165) is 25.0 Å². The van der Waals surface area contributed by atoms with Gasteiger partial charge in [-0.2, -0.15) is 0 Å². The summed E-state index contributed by atoms with van der Waals surface area (Å²) in [5.74, 6) is -1.68. The Hall–Kier alpha value is -1.53. The number of amides is 1. The number of carbonyl (C=O) groups is 1. The zero-order chi connectivity index (χ0) is 17.7. The second-order valence-electron chi connectivity index (χ2n) is 6.72. The fraction of sp³-hybridized carbons (Fsp3) is 0.611. The number of nitrogens with one attached hydrogen (secondary N) is 1. The number of ether oxygens (including phenoxy) is 1. The Morgan fingerprint density at radius 3 is 2.54 bits per heavy atom. The molecule has 1 aliphatic rings. The highest BCUT2D eigenvalue weighted by molar-refractivity contribution is 5.82. The van der Waals surface area contributed by atoms with Crippen molar-refractivity contribution in [3.63, 3.8) is 0 Å². The minimum absolute atomic E-state index is 0.0405. The predicted molar refractivity (Wildman–Crippen MR) is 88.4 cm³/mol. The molecule has 1 aromatic carbocycles. The molecule has 1 heterocycles. The third kappa shape index (κ3) is 4.98. The van der Waals surface area contributed by atoms with Crippen LogP contribution in [0.2, 0.25) is 0 Å². The number of halogens is 2. The lowest BCUT2D eigenvalue weighted by molar-refractivity contribution is -0.134. The molecule has 1 saturated heterocycles. The van der Waals surface area contributed by atoms with Gasteiger partial charge in [-0.05, 0) is 36.5 Å². The molecular weight excluding hydrogens is 314 g/mol. The van der Waals surface area contributed by atoms with Crippen molar-refractivity contribution in [2.75, 3.05) is 20.3 Å². The largest absolute Gasteiger partial charge is 0.381 e. The standard InChI is InChI=1S/C18H26F2N2O2/c1-12(2)17(21-14-6-8-24-9-7-14)18(23)22(3)11-13-4-5-15(19)16(20)10-13/h4-5,10,12,14,17,21H,6-9,11H2,1-3H3/t17-/m0/s1. The van der Waals surface area contributed by atoms with Crippen molar-refractivity contribution in [3.8, 4) is 0 Å². The van der Waals surface area contributed by atoms with Crippen LogP contribution in [0.1, 0.15) is 32.3 Å². The van der Waals surface area contributed by atoms with Gasteiger partial charge in [0, 0.05) is 32.8 Å². The number of benzene rings is 1. The van der Waals surface area contributed by atoms with Gasteiger partial charge in [-0.25, -0.2) is 8.78 Å². The molecule has 0 saturated carbocycles. The monoisotopic (exact) mass is 340 g/mol. The molecule has 2 rings (SSSR count). The molecule has 1 aromatic rings. The minimum Gasteiger partial charge on any atom is -0.381 e. The number of hydrogen-bond acceptors (Lipinski definition) is 3. The summed E-state index contributed by atoms with van der Waals surface area (Å²) in [5, 5.41) is 3.44. The van der Waals surface area contributed by atoms with E-state index in [2.05, 4.69) is 5.32 Å². The first-order valence-electron chi connectivity index (χ1n) is 8.41. The SMILES string of the molecule is CC(C)[C@H](NC1CCOCC1)C(=O)N(C)Cc1ccc(F)c(F)c1. The van der Waals surface area contributed by atoms with Gasteiger partial charge in [0.05, 0.1) is 6.04 Å². The lowest BCUT2D eigenvalue weighted by Crippen LogP contribution is -2.52. The summed E-state index contributed by atoms with van der Waals surface area (Å²) in [4.78, 5) is 14.3. The van der Waals surface area contributed by atoms with E-state index in [1.165, 1.54) is 6.07 Å². The Bertz CT molecular complexity index is 560. The molecule has 1 fully saturated rings. The zero-order valence-electron chi connectivity index (χ0n) is 14.5. The molecule has 0 radical (unpaired) electrons. The third-order valence-corrected chi connectivity index (χ3v) is 4.35. The first kappa shape index (κ1) is 18.8. The van der Waals surface area contributed by atoms with Crippen LogP contribution < -0.4 is 5.32 Å². The van der Waals surface area contributed by atoms with Crippen LogP contribution in [0, 0.1) is 17.6 Å². The van der Waals surface area contributed by atoms with E-state index in [1.807, 2.05) is 13.8 Å². The Morgan fingerprint density at radius 2 is 1.96 bits per heavy atom. The first-order chi connectivity index (χ1) is 11.4. The first-order valence-corrected chi connectivity index (χ1v) is 8.41. The van der Waals surface area contributed by atoms with Crippen LogP contribution in [-0.4, -0.2) is 43.2 Å². The van der Waals surface area contributed by atoms with E-state index in [4.69, 9.17) is 4.74 Å². The molecule has 6 heteroatoms. The Kier molecular flexibility index (Phi) is 6.69. The molecule has 0 bridgehead atoms. The molecule has 1 atom stereocenters. The highest BCUT2D eigenvalue weighted by Crippen LogP contribution is 2.15. The number of nitrogens with zero attached hydrogens (tertiary/aromatic N) is 1. The smallest absolute Gasteiger partial charge is 0.240 e. The van der Waals surface area contributed by atoms with Crippen molar-refractivity contribution in [3.05, 3.63) is 35.4 Å². The van der Waals surface area contributed by atoms with Crippen LogP contribution in [-0.2, 0) is 16.1 Å². The molecule has 0 aliphatic carbocycles. The average Bonchev–Trinajstić information content (AvgIpc) is 2.56. The van der Waals surface area contributed by atoms with Crippen molar-refractivity contribution in [2.45, 2.75) is 45.3 Å². The Labute approximate surface area is 142 Å². The number of carbonyl (C=O) groups excluding carboxylic acids is 1. The molecule has 0 unspecified atom stereocenters. The van der Waals surface area contributed by atoms with Crippen LogP contribution in [0.3, 0.4) is 0 Å². The van der Waals surface area contributed by atoms with Gasteiger partial charge in [-0.1, -0.05) is 19.9 Å². The van der Waals surface area contributed by atoms with E-state index in [-0.39, 0.29) is 30.5 Å². The fourth-order valence-electron chi connectivity index (χ4n) is 2.89. The predicted octanol–water partition coefficient (Wildman–Crippen LogP) is 2.72. The Morgan fingerprint density at radius 1 is 1.29 bits per heavy atom. The number of rotatable bonds is 6. The summed E-state index contributed by atoms with van der Waals surface area (Å²) in [6.07, 6.45) is 1.78. The molecule has 134 valence electrons. The third-order valence-electron chi connectivity index (χ3n) is 4.35. The van der Waals surface area contributed by atoms with Crippen molar-refractivity contribution >= 4 is 5.91 Å². The molecule has 0 aromatic heterocycles. The molecule has 0 spiro atoms. The number of hydrogen-bond donors (Lipinski definition) is 1. The summed E-state index contributed by atoms with van der Waals surface area (Å²) in [7, 11) is 1.69. The Balaban J connectivity index is 2.00. The topological polar surface area (TPSA) is 41.6 Å². The second-order valence-corrected chi connectivity index (χ2v) is 6.72.